The van der Waals surface area contributed by atoms with E-state index in [0.29, 0.717) is 5.82 Å². The zero-order chi connectivity index (χ0) is 13.7. The van der Waals surface area contributed by atoms with Crippen LogP contribution in [-0.2, 0) is 0 Å². The lowest BCUT2D eigenvalue weighted by molar-refractivity contribution is 1.09. The van der Waals surface area contributed by atoms with Crippen LogP contribution in [0.2, 0.25) is 0 Å². The van der Waals surface area contributed by atoms with Gasteiger partial charge in [0.2, 0.25) is 0 Å². The van der Waals surface area contributed by atoms with Crippen LogP contribution in [0.4, 0.5) is 0 Å². The molecule has 96 valence electrons. The number of aryl methyl sites for hydroxylation is 1. The Morgan fingerprint density at radius 2 is 1.95 bits per heavy atom. The fourth-order valence-corrected chi connectivity index (χ4v) is 1.95. The van der Waals surface area contributed by atoms with Gasteiger partial charge in [0, 0.05) is 16.8 Å². The highest BCUT2D eigenvalue weighted by atomic mass is 32.1. The van der Waals surface area contributed by atoms with Gasteiger partial charge in [0.05, 0.1) is 5.69 Å². The Hall–Kier alpha value is -2.07. The van der Waals surface area contributed by atoms with E-state index in [1.165, 1.54) is 6.20 Å². The molecular formula is C15H15N3S. The molecule has 1 heterocycles. The maximum absolute atomic E-state index is 5.43. The molecule has 0 amide bonds. The zero-order valence-electron chi connectivity index (χ0n) is 10.6. The van der Waals surface area contributed by atoms with Crippen molar-refractivity contribution in [1.82, 2.24) is 9.97 Å². The first-order valence-electron chi connectivity index (χ1n) is 5.88. The van der Waals surface area contributed by atoms with Crippen molar-refractivity contribution in [3.63, 3.8) is 0 Å². The first-order chi connectivity index (χ1) is 9.24. The van der Waals surface area contributed by atoms with Crippen LogP contribution in [0, 0.1) is 6.92 Å². The molecule has 1 aromatic heterocycles. The maximum Gasteiger partial charge on any atom is 0.160 e. The molecule has 0 saturated carbocycles. The number of rotatable bonds is 3. The number of aromatic nitrogens is 2. The molecular weight excluding hydrogens is 254 g/mol. The van der Waals surface area contributed by atoms with Crippen LogP contribution in [0.5, 0.6) is 0 Å². The molecule has 0 saturated heterocycles. The van der Waals surface area contributed by atoms with Gasteiger partial charge in [0.15, 0.2) is 5.82 Å². The second kappa shape index (κ2) is 6.20. The van der Waals surface area contributed by atoms with E-state index in [4.69, 9.17) is 5.73 Å². The normalized spacial score (nSPS) is 12.0. The topological polar surface area (TPSA) is 51.8 Å². The summed E-state index contributed by atoms with van der Waals surface area (Å²) >= 11 is 4.19. The smallest absolute Gasteiger partial charge is 0.160 e. The fourth-order valence-electron chi connectivity index (χ4n) is 1.73. The van der Waals surface area contributed by atoms with Crippen LogP contribution in [0.15, 0.2) is 54.1 Å². The molecule has 0 aliphatic carbocycles. The van der Waals surface area contributed by atoms with Crippen molar-refractivity contribution in [2.75, 3.05) is 0 Å². The van der Waals surface area contributed by atoms with E-state index < -0.39 is 0 Å². The molecule has 0 spiro atoms. The molecule has 0 aliphatic heterocycles. The van der Waals surface area contributed by atoms with Crippen molar-refractivity contribution >= 4 is 18.2 Å². The lowest BCUT2D eigenvalue weighted by atomic mass is 10.1. The van der Waals surface area contributed by atoms with E-state index in [1.54, 1.807) is 11.5 Å². The minimum Gasteiger partial charge on any atom is -0.405 e. The number of nitrogens with two attached hydrogens (primary N) is 1. The number of nitrogens with zero attached hydrogens (tertiary/aromatic N) is 2. The minimum absolute atomic E-state index is 0.703. The van der Waals surface area contributed by atoms with Gasteiger partial charge in [-0.15, -0.1) is 0 Å². The predicted octanol–water partition coefficient (Wildman–Crippen LogP) is 3.20. The minimum atomic E-state index is 0.703. The fraction of sp³-hybridized carbons (Fsp3) is 0.0667. The summed E-state index contributed by atoms with van der Waals surface area (Å²) in [5.74, 6) is 0.703. The Kier molecular flexibility index (Phi) is 4.36. The van der Waals surface area contributed by atoms with E-state index in [2.05, 4.69) is 22.6 Å². The summed E-state index contributed by atoms with van der Waals surface area (Å²) in [6.45, 7) is 1.94. The van der Waals surface area contributed by atoms with Crippen LogP contribution in [0.1, 0.15) is 11.4 Å². The summed E-state index contributed by atoms with van der Waals surface area (Å²) in [7, 11) is 0. The Bertz CT molecular complexity index is 619. The van der Waals surface area contributed by atoms with Crippen LogP contribution < -0.4 is 5.73 Å². The molecule has 2 aromatic rings. The Balaban J connectivity index is 2.52. The SMILES string of the molecule is Cc1cc(C(/C=C\N)=C/S)nc(-c2ccccc2)n1. The molecule has 0 aliphatic rings. The quantitative estimate of drug-likeness (QED) is 0.664. The standard InChI is InChI=1S/C15H15N3S/c1-11-9-14(13(10-19)7-8-16)18-15(17-11)12-5-3-2-4-6-12/h2-10,19H,16H2,1H3/b8-7-,13-10+. The number of hydrogen-bond donors (Lipinski definition) is 2. The average molecular weight is 269 g/mol. The molecule has 0 bridgehead atoms. The van der Waals surface area contributed by atoms with Gasteiger partial charge in [-0.25, -0.2) is 9.97 Å². The molecule has 2 rings (SSSR count). The Morgan fingerprint density at radius 1 is 1.21 bits per heavy atom. The van der Waals surface area contributed by atoms with Crippen molar-refractivity contribution in [2.45, 2.75) is 6.92 Å². The van der Waals surface area contributed by atoms with Crippen molar-refractivity contribution < 1.29 is 0 Å². The Morgan fingerprint density at radius 3 is 2.58 bits per heavy atom. The monoisotopic (exact) mass is 269 g/mol. The summed E-state index contributed by atoms with van der Waals surface area (Å²) in [6, 6.07) is 11.8. The molecule has 0 radical (unpaired) electrons. The molecule has 19 heavy (non-hydrogen) atoms. The third-order valence-corrected chi connectivity index (χ3v) is 2.88. The summed E-state index contributed by atoms with van der Waals surface area (Å²) in [5, 5.41) is 1.68. The first kappa shape index (κ1) is 13.4. The van der Waals surface area contributed by atoms with Crippen LogP contribution in [0.3, 0.4) is 0 Å². The summed E-state index contributed by atoms with van der Waals surface area (Å²) in [6.07, 6.45) is 3.24. The third-order valence-electron chi connectivity index (χ3n) is 2.60. The molecule has 0 fully saturated rings. The van der Waals surface area contributed by atoms with Crippen LogP contribution in [-0.4, -0.2) is 9.97 Å². The summed E-state index contributed by atoms with van der Waals surface area (Å²) < 4.78 is 0. The van der Waals surface area contributed by atoms with Gasteiger partial charge in [-0.05, 0) is 30.7 Å². The highest BCUT2D eigenvalue weighted by Gasteiger charge is 2.06. The van der Waals surface area contributed by atoms with Gasteiger partial charge in [0.1, 0.15) is 0 Å². The highest BCUT2D eigenvalue weighted by Crippen LogP contribution is 2.20. The molecule has 4 heteroatoms. The van der Waals surface area contributed by atoms with Gasteiger partial charge in [-0.3, -0.25) is 0 Å². The highest BCUT2D eigenvalue weighted by molar-refractivity contribution is 7.83. The van der Waals surface area contributed by atoms with Crippen molar-refractivity contribution in [3.8, 4) is 11.4 Å². The molecule has 1 aromatic carbocycles. The van der Waals surface area contributed by atoms with Gasteiger partial charge in [-0.1, -0.05) is 30.3 Å². The number of hydrogen-bond acceptors (Lipinski definition) is 4. The number of thiol groups is 1. The van der Waals surface area contributed by atoms with E-state index in [9.17, 15) is 0 Å². The second-order valence-electron chi connectivity index (χ2n) is 4.03. The third kappa shape index (κ3) is 3.23. The molecule has 3 nitrogen and oxygen atoms in total. The Labute approximate surface area is 118 Å². The molecule has 0 unspecified atom stereocenters. The average Bonchev–Trinajstić information content (AvgIpc) is 2.45. The van der Waals surface area contributed by atoms with Crippen LogP contribution >= 0.6 is 12.6 Å². The van der Waals surface area contributed by atoms with Crippen LogP contribution in [0.25, 0.3) is 17.0 Å². The summed E-state index contributed by atoms with van der Waals surface area (Å²) in [4.78, 5) is 9.02. The number of allylic oxidation sites excluding steroid dienone is 2. The van der Waals surface area contributed by atoms with Gasteiger partial charge in [-0.2, -0.15) is 12.6 Å². The lowest BCUT2D eigenvalue weighted by Crippen LogP contribution is -1.97. The van der Waals surface area contributed by atoms with E-state index in [-0.39, 0.29) is 0 Å². The van der Waals surface area contributed by atoms with Crippen molar-refractivity contribution in [3.05, 3.63) is 65.5 Å². The largest absolute Gasteiger partial charge is 0.405 e. The maximum atomic E-state index is 5.43. The molecule has 2 N–H and O–H groups in total. The van der Waals surface area contributed by atoms with Crippen molar-refractivity contribution in [2.24, 2.45) is 5.73 Å². The van der Waals surface area contributed by atoms with E-state index in [1.807, 2.05) is 43.3 Å². The molecule has 0 atom stereocenters. The van der Waals surface area contributed by atoms with E-state index in [0.717, 1.165) is 22.5 Å². The number of benzene rings is 1. The van der Waals surface area contributed by atoms with Gasteiger partial charge >= 0.3 is 0 Å². The van der Waals surface area contributed by atoms with Crippen molar-refractivity contribution in [1.29, 1.82) is 0 Å². The summed E-state index contributed by atoms with van der Waals surface area (Å²) in [5.41, 5.74) is 8.99. The van der Waals surface area contributed by atoms with Gasteiger partial charge in [0.25, 0.3) is 0 Å². The van der Waals surface area contributed by atoms with Gasteiger partial charge < -0.3 is 5.73 Å². The predicted molar refractivity (Wildman–Crippen MR) is 82.5 cm³/mol. The lowest BCUT2D eigenvalue weighted by Gasteiger charge is -2.06. The first-order valence-corrected chi connectivity index (χ1v) is 6.40. The van der Waals surface area contributed by atoms with E-state index >= 15 is 0 Å². The zero-order valence-corrected chi connectivity index (χ0v) is 11.5. The second-order valence-corrected chi connectivity index (χ2v) is 4.29.